The number of phosphoric ester groups is 2. The first-order chi connectivity index (χ1) is 52.6. The van der Waals surface area contributed by atoms with Gasteiger partial charge >= 0.3 is 39.5 Å². The van der Waals surface area contributed by atoms with E-state index in [9.17, 15) is 43.2 Å². The van der Waals surface area contributed by atoms with Crippen LogP contribution in [0.25, 0.3) is 0 Å². The van der Waals surface area contributed by atoms with Gasteiger partial charge in [-0.15, -0.1) is 0 Å². The van der Waals surface area contributed by atoms with Gasteiger partial charge in [-0.2, -0.15) is 0 Å². The van der Waals surface area contributed by atoms with E-state index in [-0.39, 0.29) is 25.7 Å². The molecule has 6 atom stereocenters. The summed E-state index contributed by atoms with van der Waals surface area (Å²) in [6, 6.07) is 0. The van der Waals surface area contributed by atoms with Gasteiger partial charge in [0.2, 0.25) is 0 Å². The molecule has 0 aliphatic carbocycles. The number of rotatable bonds is 89. The minimum atomic E-state index is -4.97. The topological polar surface area (TPSA) is 237 Å². The second-order valence-electron chi connectivity index (χ2n) is 32.2. The normalized spacial score (nSPS) is 14.0. The molecule has 0 spiro atoms. The molecule has 0 fully saturated rings. The predicted octanol–water partition coefficient (Wildman–Crippen LogP) is 27.5. The zero-order valence-electron chi connectivity index (χ0n) is 71.0. The molecular formula is C89H174O17P2. The molecule has 17 nitrogen and oxygen atoms in total. The number of esters is 4. The van der Waals surface area contributed by atoms with Crippen molar-refractivity contribution < 1.29 is 80.2 Å². The molecule has 3 unspecified atom stereocenters. The lowest BCUT2D eigenvalue weighted by atomic mass is 9.99. The summed E-state index contributed by atoms with van der Waals surface area (Å²) >= 11 is 0. The summed E-state index contributed by atoms with van der Waals surface area (Å²) in [4.78, 5) is 73.3. The number of unbranched alkanes of at least 4 members (excludes halogenated alkanes) is 60. The van der Waals surface area contributed by atoms with E-state index in [1.807, 2.05) is 0 Å². The second-order valence-corrected chi connectivity index (χ2v) is 35.1. The van der Waals surface area contributed by atoms with E-state index in [4.69, 9.17) is 37.0 Å². The van der Waals surface area contributed by atoms with E-state index in [0.717, 1.165) is 95.8 Å². The van der Waals surface area contributed by atoms with Crippen molar-refractivity contribution in [1.82, 2.24) is 0 Å². The summed E-state index contributed by atoms with van der Waals surface area (Å²) in [6.45, 7) is 7.43. The number of carbonyl (C=O) groups is 4. The molecule has 0 rings (SSSR count). The van der Waals surface area contributed by atoms with Gasteiger partial charge in [0.1, 0.15) is 19.3 Å². The summed E-state index contributed by atoms with van der Waals surface area (Å²) < 4.78 is 69.0. The molecule has 0 saturated carbocycles. The molecule has 0 aromatic heterocycles. The van der Waals surface area contributed by atoms with Crippen molar-refractivity contribution in [3.05, 3.63) is 0 Å². The lowest BCUT2D eigenvalue weighted by Gasteiger charge is -2.21. The lowest BCUT2D eigenvalue weighted by Crippen LogP contribution is -2.30. The molecule has 0 aliphatic rings. The third-order valence-electron chi connectivity index (χ3n) is 21.4. The van der Waals surface area contributed by atoms with Gasteiger partial charge in [0.25, 0.3) is 0 Å². The summed E-state index contributed by atoms with van der Waals surface area (Å²) in [5.74, 6) is -1.25. The van der Waals surface area contributed by atoms with Crippen LogP contribution in [0.4, 0.5) is 0 Å². The van der Waals surface area contributed by atoms with Crippen LogP contribution in [0, 0.1) is 5.92 Å². The van der Waals surface area contributed by atoms with Crippen molar-refractivity contribution >= 4 is 39.5 Å². The Balaban J connectivity index is 5.21. The van der Waals surface area contributed by atoms with Crippen LogP contribution in [0.1, 0.15) is 484 Å². The monoisotopic (exact) mass is 1580 g/mol. The van der Waals surface area contributed by atoms with Crippen LogP contribution in [0.3, 0.4) is 0 Å². The molecule has 108 heavy (non-hydrogen) atoms. The van der Waals surface area contributed by atoms with Crippen LogP contribution < -0.4 is 0 Å². The molecule has 0 aromatic carbocycles. The van der Waals surface area contributed by atoms with E-state index in [1.54, 1.807) is 0 Å². The minimum absolute atomic E-state index is 0.109. The van der Waals surface area contributed by atoms with Gasteiger partial charge in [-0.05, 0) is 31.6 Å². The van der Waals surface area contributed by atoms with Gasteiger partial charge in [-0.3, -0.25) is 37.3 Å². The quantitative estimate of drug-likeness (QED) is 0.0222. The third kappa shape index (κ3) is 80.7. The molecule has 19 heteroatoms. The smallest absolute Gasteiger partial charge is 0.462 e. The van der Waals surface area contributed by atoms with Crippen LogP contribution in [0.2, 0.25) is 0 Å². The molecule has 3 N–H and O–H groups in total. The molecule has 0 saturated heterocycles. The highest BCUT2D eigenvalue weighted by Gasteiger charge is 2.31. The van der Waals surface area contributed by atoms with Crippen molar-refractivity contribution in [3.8, 4) is 0 Å². The van der Waals surface area contributed by atoms with Crippen LogP contribution in [-0.2, 0) is 65.4 Å². The molecule has 0 amide bonds. The maximum absolute atomic E-state index is 13.2. The zero-order chi connectivity index (χ0) is 79.0. The van der Waals surface area contributed by atoms with E-state index in [2.05, 4.69) is 34.6 Å². The first-order valence-electron chi connectivity index (χ1n) is 46.2. The first-order valence-corrected chi connectivity index (χ1v) is 49.2. The van der Waals surface area contributed by atoms with Crippen LogP contribution in [0.15, 0.2) is 0 Å². The van der Waals surface area contributed by atoms with Gasteiger partial charge in [-0.25, -0.2) is 9.13 Å². The highest BCUT2D eigenvalue weighted by Crippen LogP contribution is 2.45. The van der Waals surface area contributed by atoms with E-state index >= 15 is 0 Å². The summed E-state index contributed by atoms with van der Waals surface area (Å²) in [6.07, 6.45) is 76.4. The minimum Gasteiger partial charge on any atom is -0.462 e. The maximum atomic E-state index is 13.2. The highest BCUT2D eigenvalue weighted by molar-refractivity contribution is 7.47. The first kappa shape index (κ1) is 106. The largest absolute Gasteiger partial charge is 0.472 e. The van der Waals surface area contributed by atoms with Crippen LogP contribution in [0.5, 0.6) is 0 Å². The Bertz CT molecular complexity index is 2050. The number of hydrogen-bond donors (Lipinski definition) is 3. The number of phosphoric acid groups is 2. The second kappa shape index (κ2) is 81.6. The summed E-state index contributed by atoms with van der Waals surface area (Å²) in [5.41, 5.74) is 0. The SMILES string of the molecule is CCCCCCCCCCCCCCCCCCCCCCCCC(=O)O[C@H](COC(=O)CCCCCCCCCCCCCCCCC(C)CC)COP(=O)(O)OC[C@@H](O)COP(=O)(O)OC[C@@H](COC(=O)CCCCCCCCCCCC)OC(=O)CCCCCCCCCCCCCCCCCCCC. The average molecular weight is 1580 g/mol. The fourth-order valence-corrected chi connectivity index (χ4v) is 15.5. The fourth-order valence-electron chi connectivity index (χ4n) is 14.0. The van der Waals surface area contributed by atoms with Crippen molar-refractivity contribution in [2.24, 2.45) is 5.92 Å². The molecule has 0 radical (unpaired) electrons. The number of aliphatic hydroxyl groups is 1. The van der Waals surface area contributed by atoms with Gasteiger partial charge in [0, 0.05) is 25.7 Å². The van der Waals surface area contributed by atoms with Gasteiger partial charge in [0.05, 0.1) is 26.4 Å². The van der Waals surface area contributed by atoms with E-state index < -0.39 is 97.5 Å². The van der Waals surface area contributed by atoms with Crippen molar-refractivity contribution in [2.75, 3.05) is 39.6 Å². The number of aliphatic hydroxyl groups excluding tert-OH is 1. The molecular weight excluding hydrogens is 1400 g/mol. The van der Waals surface area contributed by atoms with Gasteiger partial charge in [-0.1, -0.05) is 433 Å². The lowest BCUT2D eigenvalue weighted by molar-refractivity contribution is -0.161. The van der Waals surface area contributed by atoms with Crippen molar-refractivity contribution in [2.45, 2.75) is 502 Å². The number of carbonyl (C=O) groups excluding carboxylic acids is 4. The summed E-state index contributed by atoms with van der Waals surface area (Å²) in [7, 11) is -9.93. The Morgan fingerprint density at radius 1 is 0.259 bits per heavy atom. The predicted molar refractivity (Wildman–Crippen MR) is 446 cm³/mol. The molecule has 0 aliphatic heterocycles. The van der Waals surface area contributed by atoms with Crippen molar-refractivity contribution in [1.29, 1.82) is 0 Å². The number of ether oxygens (including phenoxy) is 4. The molecule has 0 heterocycles. The third-order valence-corrected chi connectivity index (χ3v) is 23.3. The standard InChI is InChI=1S/C89H174O17P2/c1-6-10-13-16-19-22-25-27-29-31-33-34-35-36-38-40-46-50-55-60-65-70-75-89(94)106-85(79-100-87(92)73-68-63-58-53-48-44-42-41-43-47-51-56-61-66-71-82(5)9-4)81-104-108(97,98)102-77-83(90)76-101-107(95,96)103-80-84(78-99-86(91)72-67-62-57-52-24-21-18-15-12-8-3)105-88(93)74-69-64-59-54-49-45-39-37-32-30-28-26-23-20-17-14-11-7-2/h82-85,90H,6-81H2,1-5H3,(H,95,96)(H,97,98)/t82?,83-,84+,85+/m0/s1. The van der Waals surface area contributed by atoms with Crippen LogP contribution in [-0.4, -0.2) is 96.7 Å². The Hall–Kier alpha value is -1.94. The maximum Gasteiger partial charge on any atom is 0.472 e. The Labute approximate surface area is 664 Å². The van der Waals surface area contributed by atoms with Crippen molar-refractivity contribution in [3.63, 3.8) is 0 Å². The Morgan fingerprint density at radius 2 is 0.444 bits per heavy atom. The zero-order valence-corrected chi connectivity index (χ0v) is 72.8. The van der Waals surface area contributed by atoms with E-state index in [0.29, 0.717) is 25.7 Å². The average Bonchev–Trinajstić information content (AvgIpc) is 0.897. The fraction of sp³-hybridized carbons (Fsp3) is 0.955. The summed E-state index contributed by atoms with van der Waals surface area (Å²) in [5, 5.41) is 10.7. The molecule has 0 bridgehead atoms. The molecule has 642 valence electrons. The highest BCUT2D eigenvalue weighted by atomic mass is 31.2. The van der Waals surface area contributed by atoms with E-state index in [1.165, 1.54) is 308 Å². The van der Waals surface area contributed by atoms with Gasteiger partial charge < -0.3 is 33.8 Å². The number of hydrogen-bond acceptors (Lipinski definition) is 15. The van der Waals surface area contributed by atoms with Gasteiger partial charge in [0.15, 0.2) is 12.2 Å². The van der Waals surface area contributed by atoms with Crippen LogP contribution >= 0.6 is 15.6 Å². The molecule has 0 aromatic rings. The Kier molecular flexibility index (Phi) is 80.2. The Morgan fingerprint density at radius 3 is 0.657 bits per heavy atom.